The molecule has 1 aliphatic heterocycles. The molecule has 0 radical (unpaired) electrons. The third kappa shape index (κ3) is 5.27. The molecule has 1 aliphatic rings. The first-order chi connectivity index (χ1) is 11.1. The Labute approximate surface area is 139 Å². The molecule has 2 N–H and O–H groups in total. The molecule has 0 spiro atoms. The van der Waals surface area contributed by atoms with E-state index in [9.17, 15) is 4.79 Å². The third-order valence-corrected chi connectivity index (χ3v) is 4.27. The number of nitrogens with zero attached hydrogens (tertiary/aromatic N) is 2. The van der Waals surface area contributed by atoms with Gasteiger partial charge >= 0.3 is 0 Å². The van der Waals surface area contributed by atoms with Gasteiger partial charge in [0, 0.05) is 38.8 Å². The van der Waals surface area contributed by atoms with Crippen molar-refractivity contribution in [3.8, 4) is 0 Å². The minimum Gasteiger partial charge on any atom is -0.354 e. The van der Waals surface area contributed by atoms with Gasteiger partial charge in [-0.1, -0.05) is 24.6 Å². The van der Waals surface area contributed by atoms with E-state index in [1.54, 1.807) is 0 Å². The van der Waals surface area contributed by atoms with Crippen molar-refractivity contribution in [2.45, 2.75) is 26.7 Å². The fourth-order valence-electron chi connectivity index (χ4n) is 2.79. The van der Waals surface area contributed by atoms with Crippen molar-refractivity contribution in [3.05, 3.63) is 35.4 Å². The summed E-state index contributed by atoms with van der Waals surface area (Å²) in [6, 6.07) is 7.63. The summed E-state index contributed by atoms with van der Waals surface area (Å²) in [5.74, 6) is 1.71. The van der Waals surface area contributed by atoms with Crippen LogP contribution in [0.15, 0.2) is 29.3 Å². The first-order valence-electron chi connectivity index (χ1n) is 8.40. The number of piperidine rings is 1. The highest BCUT2D eigenvalue weighted by atomic mass is 16.1. The Morgan fingerprint density at radius 1 is 1.26 bits per heavy atom. The normalized spacial score (nSPS) is 16.3. The second kappa shape index (κ2) is 8.56. The molecule has 2 rings (SSSR count). The lowest BCUT2D eigenvalue weighted by Crippen LogP contribution is -2.47. The highest BCUT2D eigenvalue weighted by Gasteiger charge is 2.18. The van der Waals surface area contributed by atoms with Crippen LogP contribution in [0.3, 0.4) is 0 Å². The van der Waals surface area contributed by atoms with Crippen LogP contribution in [0.5, 0.6) is 0 Å². The number of hydrogen-bond acceptors (Lipinski definition) is 2. The van der Waals surface area contributed by atoms with Crippen LogP contribution >= 0.6 is 0 Å². The Morgan fingerprint density at radius 2 is 1.96 bits per heavy atom. The SMILES string of the molecule is CN=C(NCCNC(=O)c1cccc(C)c1)N1CCC(C)CC1. The first kappa shape index (κ1) is 17.3. The largest absolute Gasteiger partial charge is 0.354 e. The third-order valence-electron chi connectivity index (χ3n) is 4.27. The van der Waals surface area contributed by atoms with Gasteiger partial charge in [0.25, 0.3) is 5.91 Å². The van der Waals surface area contributed by atoms with Crippen LogP contribution < -0.4 is 10.6 Å². The van der Waals surface area contributed by atoms with Crippen LogP contribution in [0.2, 0.25) is 0 Å². The summed E-state index contributed by atoms with van der Waals surface area (Å²) in [7, 11) is 1.81. The van der Waals surface area contributed by atoms with E-state index < -0.39 is 0 Å². The van der Waals surface area contributed by atoms with Gasteiger partial charge in [0.1, 0.15) is 0 Å². The molecule has 0 saturated carbocycles. The van der Waals surface area contributed by atoms with Crippen LogP contribution in [0.1, 0.15) is 35.7 Å². The highest BCUT2D eigenvalue weighted by Crippen LogP contribution is 2.15. The average Bonchev–Trinajstić information content (AvgIpc) is 2.56. The summed E-state index contributed by atoms with van der Waals surface area (Å²) in [5, 5.41) is 6.27. The van der Waals surface area contributed by atoms with Crippen molar-refractivity contribution < 1.29 is 4.79 Å². The number of amides is 1. The minimum absolute atomic E-state index is 0.0303. The van der Waals surface area contributed by atoms with Crippen LogP contribution in [-0.2, 0) is 0 Å². The number of rotatable bonds is 4. The molecule has 0 aromatic heterocycles. The summed E-state index contributed by atoms with van der Waals surface area (Å²) in [6.07, 6.45) is 2.43. The molecule has 0 aliphatic carbocycles. The Morgan fingerprint density at radius 3 is 2.61 bits per heavy atom. The molecule has 0 unspecified atom stereocenters. The molecule has 126 valence electrons. The Balaban J connectivity index is 1.72. The van der Waals surface area contributed by atoms with E-state index in [1.807, 2.05) is 38.2 Å². The van der Waals surface area contributed by atoms with Crippen LogP contribution in [0.25, 0.3) is 0 Å². The van der Waals surface area contributed by atoms with Crippen LogP contribution in [0, 0.1) is 12.8 Å². The lowest BCUT2D eigenvalue weighted by atomic mass is 10.00. The molecule has 0 bridgehead atoms. The van der Waals surface area contributed by atoms with Crippen molar-refractivity contribution >= 4 is 11.9 Å². The number of carbonyl (C=O) groups excluding carboxylic acids is 1. The standard InChI is InChI=1S/C18H28N4O/c1-14-7-11-22(12-8-14)18(19-3)21-10-9-20-17(23)16-6-4-5-15(2)13-16/h4-6,13-14H,7-12H2,1-3H3,(H,19,21)(H,20,23). The number of guanidine groups is 1. The fourth-order valence-corrected chi connectivity index (χ4v) is 2.79. The van der Waals surface area contributed by atoms with Gasteiger partial charge in [-0.2, -0.15) is 0 Å². The summed E-state index contributed by atoms with van der Waals surface area (Å²) >= 11 is 0. The van der Waals surface area contributed by atoms with Gasteiger partial charge in [0.15, 0.2) is 5.96 Å². The quantitative estimate of drug-likeness (QED) is 0.508. The summed E-state index contributed by atoms with van der Waals surface area (Å²) in [4.78, 5) is 18.7. The van der Waals surface area contributed by atoms with Crippen molar-refractivity contribution in [3.63, 3.8) is 0 Å². The van der Waals surface area contributed by atoms with Gasteiger partial charge < -0.3 is 15.5 Å². The number of hydrogen-bond donors (Lipinski definition) is 2. The predicted molar refractivity (Wildman–Crippen MR) is 94.8 cm³/mol. The molecule has 1 heterocycles. The zero-order chi connectivity index (χ0) is 16.7. The Bertz CT molecular complexity index is 548. The van der Waals surface area contributed by atoms with Gasteiger partial charge in [-0.25, -0.2) is 0 Å². The van der Waals surface area contributed by atoms with Gasteiger partial charge in [0.2, 0.25) is 0 Å². The molecule has 1 saturated heterocycles. The van der Waals surface area contributed by atoms with Crippen molar-refractivity contribution in [2.24, 2.45) is 10.9 Å². The van der Waals surface area contributed by atoms with Crippen molar-refractivity contribution in [1.82, 2.24) is 15.5 Å². The van der Waals surface area contributed by atoms with E-state index in [-0.39, 0.29) is 5.91 Å². The van der Waals surface area contributed by atoms with E-state index in [4.69, 9.17) is 0 Å². The summed E-state index contributed by atoms with van der Waals surface area (Å²) < 4.78 is 0. The topological polar surface area (TPSA) is 56.7 Å². The highest BCUT2D eigenvalue weighted by molar-refractivity contribution is 5.94. The molecule has 0 atom stereocenters. The Hall–Kier alpha value is -2.04. The lowest BCUT2D eigenvalue weighted by molar-refractivity contribution is 0.0954. The minimum atomic E-state index is -0.0303. The molecule has 1 amide bonds. The maximum Gasteiger partial charge on any atom is 0.251 e. The number of benzene rings is 1. The number of nitrogens with one attached hydrogen (secondary N) is 2. The van der Waals surface area contributed by atoms with Crippen LogP contribution in [0.4, 0.5) is 0 Å². The summed E-state index contributed by atoms with van der Waals surface area (Å²) in [6.45, 7) is 7.65. The smallest absolute Gasteiger partial charge is 0.251 e. The monoisotopic (exact) mass is 316 g/mol. The molecule has 5 nitrogen and oxygen atoms in total. The zero-order valence-electron chi connectivity index (χ0n) is 14.4. The van der Waals surface area contributed by atoms with Gasteiger partial charge in [0.05, 0.1) is 0 Å². The molecular formula is C18H28N4O. The van der Waals surface area contributed by atoms with E-state index in [0.29, 0.717) is 18.7 Å². The maximum absolute atomic E-state index is 12.1. The van der Waals surface area contributed by atoms with E-state index in [0.717, 1.165) is 30.5 Å². The lowest BCUT2D eigenvalue weighted by Gasteiger charge is -2.32. The number of carbonyl (C=O) groups is 1. The van der Waals surface area contributed by atoms with Gasteiger partial charge in [-0.3, -0.25) is 9.79 Å². The average molecular weight is 316 g/mol. The van der Waals surface area contributed by atoms with E-state index >= 15 is 0 Å². The van der Waals surface area contributed by atoms with Crippen LogP contribution in [-0.4, -0.2) is 50.0 Å². The number of likely N-dealkylation sites (tertiary alicyclic amines) is 1. The van der Waals surface area contributed by atoms with Crippen molar-refractivity contribution in [1.29, 1.82) is 0 Å². The molecular weight excluding hydrogens is 288 g/mol. The van der Waals surface area contributed by atoms with Crippen molar-refractivity contribution in [2.75, 3.05) is 33.2 Å². The fraction of sp³-hybridized carbons (Fsp3) is 0.556. The Kier molecular flexibility index (Phi) is 6.44. The van der Waals surface area contributed by atoms with Gasteiger partial charge in [-0.05, 0) is 37.8 Å². The number of aliphatic imine (C=N–C) groups is 1. The number of aryl methyl sites for hydroxylation is 1. The molecule has 23 heavy (non-hydrogen) atoms. The zero-order valence-corrected chi connectivity index (χ0v) is 14.4. The second-order valence-corrected chi connectivity index (χ2v) is 6.27. The molecule has 1 aromatic carbocycles. The van der Waals surface area contributed by atoms with Gasteiger partial charge in [-0.15, -0.1) is 0 Å². The molecule has 1 aromatic rings. The predicted octanol–water partition coefficient (Wildman–Crippen LogP) is 2.03. The maximum atomic E-state index is 12.1. The summed E-state index contributed by atoms with van der Waals surface area (Å²) in [5.41, 5.74) is 1.80. The molecule has 1 fully saturated rings. The second-order valence-electron chi connectivity index (χ2n) is 6.27. The van der Waals surface area contributed by atoms with E-state index in [2.05, 4.69) is 27.4 Å². The first-order valence-corrected chi connectivity index (χ1v) is 8.40. The molecule has 5 heteroatoms. The van der Waals surface area contributed by atoms with E-state index in [1.165, 1.54) is 12.8 Å².